The molecule has 0 fully saturated rings. The third-order valence-corrected chi connectivity index (χ3v) is 4.05. The first-order chi connectivity index (χ1) is 9.68. The minimum absolute atomic E-state index is 0.0157. The molecular formula is C14H16N2O4S. The monoisotopic (exact) mass is 308 g/mol. The Balaban J connectivity index is 2.42. The lowest BCUT2D eigenvalue weighted by atomic mass is 10.1. The molecule has 0 atom stereocenters. The molecule has 0 saturated heterocycles. The smallest absolute Gasteiger partial charge is 0.346 e. The molecule has 2 rings (SSSR count). The molecule has 1 aromatic heterocycles. The second-order valence-electron chi connectivity index (χ2n) is 4.91. The Hall–Kier alpha value is -2.15. The predicted octanol–water partition coefficient (Wildman–Crippen LogP) is 1.66. The number of aryl methyl sites for hydroxylation is 3. The summed E-state index contributed by atoms with van der Waals surface area (Å²) in [4.78, 5) is 12.2. The maximum Gasteiger partial charge on any atom is 0.346 e. The number of hydrogen-bond donors (Lipinski definition) is 0. The number of ether oxygens (including phenoxy) is 1. The van der Waals surface area contributed by atoms with Crippen LogP contribution in [0.1, 0.15) is 21.6 Å². The first-order valence-corrected chi connectivity index (χ1v) is 8.11. The van der Waals surface area contributed by atoms with E-state index < -0.39 is 15.8 Å². The zero-order valence-corrected chi connectivity index (χ0v) is 13.1. The first kappa shape index (κ1) is 15.2. The zero-order chi connectivity index (χ0) is 15.8. The van der Waals surface area contributed by atoms with Crippen LogP contribution in [-0.4, -0.2) is 30.4 Å². The number of esters is 1. The first-order valence-electron chi connectivity index (χ1n) is 6.22. The van der Waals surface area contributed by atoms with Gasteiger partial charge in [0.2, 0.25) is 5.88 Å². The van der Waals surface area contributed by atoms with Gasteiger partial charge >= 0.3 is 5.97 Å². The Morgan fingerprint density at radius 2 is 1.90 bits per heavy atom. The maximum atomic E-state index is 12.2. The molecule has 0 aliphatic carbocycles. The lowest BCUT2D eigenvalue weighted by Crippen LogP contribution is -2.15. The fourth-order valence-corrected chi connectivity index (χ4v) is 2.89. The summed E-state index contributed by atoms with van der Waals surface area (Å²) in [5, 5.41) is 4.06. The number of benzene rings is 1. The topological polar surface area (TPSA) is 78.3 Å². The van der Waals surface area contributed by atoms with Crippen LogP contribution in [-0.2, 0) is 16.9 Å². The molecule has 21 heavy (non-hydrogen) atoms. The van der Waals surface area contributed by atoms with Crippen LogP contribution in [0.3, 0.4) is 0 Å². The van der Waals surface area contributed by atoms with E-state index in [0.29, 0.717) is 5.69 Å². The number of carbonyl (C=O) groups is 1. The van der Waals surface area contributed by atoms with Gasteiger partial charge in [0.25, 0.3) is 0 Å². The summed E-state index contributed by atoms with van der Waals surface area (Å²) in [6, 6.07) is 6.18. The van der Waals surface area contributed by atoms with Gasteiger partial charge in [0.05, 0.1) is 16.2 Å². The summed E-state index contributed by atoms with van der Waals surface area (Å²) in [7, 11) is -1.88. The van der Waals surface area contributed by atoms with E-state index in [1.807, 2.05) is 0 Å². The second-order valence-corrected chi connectivity index (χ2v) is 6.89. The molecule has 0 spiro atoms. The molecule has 6 nitrogen and oxygen atoms in total. The largest absolute Gasteiger partial charge is 0.404 e. The SMILES string of the molecule is Cc1ccc(C(=O)Oc2cc(C)nn2C)c(S(C)(=O)=O)c1. The van der Waals surface area contributed by atoms with Gasteiger partial charge in [0.15, 0.2) is 9.84 Å². The van der Waals surface area contributed by atoms with Gasteiger partial charge in [-0.25, -0.2) is 17.9 Å². The highest BCUT2D eigenvalue weighted by Gasteiger charge is 2.21. The van der Waals surface area contributed by atoms with E-state index in [4.69, 9.17) is 4.74 Å². The molecule has 0 amide bonds. The molecule has 0 unspecified atom stereocenters. The predicted molar refractivity (Wildman–Crippen MR) is 77.2 cm³/mol. The van der Waals surface area contributed by atoms with Crippen molar-refractivity contribution in [2.75, 3.05) is 6.26 Å². The highest BCUT2D eigenvalue weighted by Crippen LogP contribution is 2.20. The van der Waals surface area contributed by atoms with Crippen LogP contribution >= 0.6 is 0 Å². The molecule has 0 aliphatic heterocycles. The molecule has 0 bridgehead atoms. The van der Waals surface area contributed by atoms with Crippen LogP contribution in [0.25, 0.3) is 0 Å². The summed E-state index contributed by atoms with van der Waals surface area (Å²) in [5.41, 5.74) is 1.47. The highest BCUT2D eigenvalue weighted by molar-refractivity contribution is 7.90. The van der Waals surface area contributed by atoms with Gasteiger partial charge in [-0.3, -0.25) is 0 Å². The van der Waals surface area contributed by atoms with Crippen molar-refractivity contribution in [3.05, 3.63) is 41.1 Å². The molecule has 0 N–H and O–H groups in total. The van der Waals surface area contributed by atoms with E-state index in [9.17, 15) is 13.2 Å². The number of sulfone groups is 1. The summed E-state index contributed by atoms with van der Waals surface area (Å²) in [6.07, 6.45) is 1.06. The van der Waals surface area contributed by atoms with E-state index in [0.717, 1.165) is 11.8 Å². The average molecular weight is 308 g/mol. The van der Waals surface area contributed by atoms with Gasteiger partial charge < -0.3 is 4.74 Å². The number of hydrogen-bond acceptors (Lipinski definition) is 5. The third-order valence-electron chi connectivity index (χ3n) is 2.91. The minimum atomic E-state index is -3.52. The van der Waals surface area contributed by atoms with Crippen molar-refractivity contribution in [3.8, 4) is 5.88 Å². The number of nitrogens with zero attached hydrogens (tertiary/aromatic N) is 2. The van der Waals surface area contributed by atoms with Crippen molar-refractivity contribution in [2.45, 2.75) is 18.7 Å². The van der Waals surface area contributed by atoms with Gasteiger partial charge in [-0.15, -0.1) is 0 Å². The number of carbonyl (C=O) groups excluding carboxylic acids is 1. The van der Waals surface area contributed by atoms with E-state index in [1.165, 1.54) is 16.8 Å². The van der Waals surface area contributed by atoms with Crippen LogP contribution in [0.4, 0.5) is 0 Å². The fourth-order valence-electron chi connectivity index (χ4n) is 1.94. The Morgan fingerprint density at radius 1 is 1.24 bits per heavy atom. The summed E-state index contributed by atoms with van der Waals surface area (Å²) >= 11 is 0. The van der Waals surface area contributed by atoms with E-state index in [-0.39, 0.29) is 16.3 Å². The Labute approximate surface area is 123 Å². The Bertz CT molecular complexity index is 806. The molecule has 0 radical (unpaired) electrons. The van der Waals surface area contributed by atoms with Crippen molar-refractivity contribution in [3.63, 3.8) is 0 Å². The van der Waals surface area contributed by atoms with Gasteiger partial charge in [0.1, 0.15) is 0 Å². The zero-order valence-electron chi connectivity index (χ0n) is 12.2. The van der Waals surface area contributed by atoms with E-state index >= 15 is 0 Å². The second kappa shape index (κ2) is 5.33. The lowest BCUT2D eigenvalue weighted by molar-refractivity contribution is 0.0716. The van der Waals surface area contributed by atoms with Gasteiger partial charge in [-0.2, -0.15) is 5.10 Å². The Morgan fingerprint density at radius 3 is 2.43 bits per heavy atom. The van der Waals surface area contributed by atoms with Gasteiger partial charge in [-0.1, -0.05) is 6.07 Å². The molecule has 2 aromatic rings. The van der Waals surface area contributed by atoms with Gasteiger partial charge in [0, 0.05) is 19.4 Å². The van der Waals surface area contributed by atoms with Crippen LogP contribution < -0.4 is 4.74 Å². The molecule has 1 heterocycles. The number of rotatable bonds is 3. The molecular weight excluding hydrogens is 292 g/mol. The van der Waals surface area contributed by atoms with Crippen molar-refractivity contribution in [1.82, 2.24) is 9.78 Å². The standard InChI is InChI=1S/C14H16N2O4S/c1-9-5-6-11(12(7-9)21(4,18)19)14(17)20-13-8-10(2)15-16(13)3/h5-8H,1-4H3. The summed E-state index contributed by atoms with van der Waals surface area (Å²) < 4.78 is 30.3. The highest BCUT2D eigenvalue weighted by atomic mass is 32.2. The van der Waals surface area contributed by atoms with Crippen molar-refractivity contribution in [2.24, 2.45) is 7.05 Å². The van der Waals surface area contributed by atoms with Crippen molar-refractivity contribution in [1.29, 1.82) is 0 Å². The summed E-state index contributed by atoms with van der Waals surface area (Å²) in [5.74, 6) is -0.462. The molecule has 112 valence electrons. The van der Waals surface area contributed by atoms with Crippen molar-refractivity contribution >= 4 is 15.8 Å². The average Bonchev–Trinajstić information content (AvgIpc) is 2.66. The van der Waals surface area contributed by atoms with E-state index in [2.05, 4.69) is 5.10 Å². The normalized spacial score (nSPS) is 11.4. The third kappa shape index (κ3) is 3.30. The molecule has 7 heteroatoms. The minimum Gasteiger partial charge on any atom is -0.404 e. The van der Waals surface area contributed by atoms with Gasteiger partial charge in [-0.05, 0) is 31.5 Å². The van der Waals surface area contributed by atoms with Crippen LogP contribution in [0.15, 0.2) is 29.2 Å². The fraction of sp³-hybridized carbons (Fsp3) is 0.286. The van der Waals surface area contributed by atoms with Crippen LogP contribution in [0, 0.1) is 13.8 Å². The molecule has 0 aliphatic rings. The molecule has 1 aromatic carbocycles. The number of aromatic nitrogens is 2. The quantitative estimate of drug-likeness (QED) is 0.806. The Kier molecular flexibility index (Phi) is 3.87. The maximum absolute atomic E-state index is 12.2. The molecule has 0 saturated carbocycles. The summed E-state index contributed by atoms with van der Waals surface area (Å²) in [6.45, 7) is 3.53. The lowest BCUT2D eigenvalue weighted by Gasteiger charge is -2.09. The van der Waals surface area contributed by atoms with Crippen LogP contribution in [0.5, 0.6) is 5.88 Å². The van der Waals surface area contributed by atoms with E-state index in [1.54, 1.807) is 33.0 Å². The van der Waals surface area contributed by atoms with Crippen molar-refractivity contribution < 1.29 is 17.9 Å². The van der Waals surface area contributed by atoms with Crippen LogP contribution in [0.2, 0.25) is 0 Å².